The lowest BCUT2D eigenvalue weighted by atomic mass is 10.1. The molecule has 2 aromatic rings. The van der Waals surface area contributed by atoms with E-state index in [2.05, 4.69) is 5.32 Å². The number of benzene rings is 2. The van der Waals surface area contributed by atoms with Gasteiger partial charge in [-0.15, -0.1) is 0 Å². The third kappa shape index (κ3) is 3.69. The van der Waals surface area contributed by atoms with Gasteiger partial charge < -0.3 is 15.8 Å². The van der Waals surface area contributed by atoms with Gasteiger partial charge >= 0.3 is 5.97 Å². The molecule has 0 fully saturated rings. The third-order valence-corrected chi connectivity index (χ3v) is 2.82. The average molecular weight is 298 g/mol. The summed E-state index contributed by atoms with van der Waals surface area (Å²) in [4.78, 5) is 34.3. The number of primary amides is 1. The second-order valence-corrected chi connectivity index (χ2v) is 4.48. The van der Waals surface area contributed by atoms with Gasteiger partial charge in [0.1, 0.15) is 5.75 Å². The highest BCUT2D eigenvalue weighted by Crippen LogP contribution is 2.17. The van der Waals surface area contributed by atoms with Crippen LogP contribution in [0.1, 0.15) is 27.6 Å². The van der Waals surface area contributed by atoms with E-state index in [1.165, 1.54) is 37.3 Å². The van der Waals surface area contributed by atoms with Crippen molar-refractivity contribution >= 4 is 23.5 Å². The Morgan fingerprint density at radius 1 is 1.00 bits per heavy atom. The SMILES string of the molecule is CC(=O)Oc1ccc(C(=O)Nc2ccccc2C(N)=O)cc1. The fourth-order valence-corrected chi connectivity index (χ4v) is 1.84. The Bertz CT molecular complexity index is 723. The Morgan fingerprint density at radius 2 is 1.64 bits per heavy atom. The van der Waals surface area contributed by atoms with E-state index < -0.39 is 17.8 Å². The smallest absolute Gasteiger partial charge is 0.308 e. The summed E-state index contributed by atoms with van der Waals surface area (Å²) < 4.78 is 4.89. The number of hydrogen-bond acceptors (Lipinski definition) is 4. The number of rotatable bonds is 4. The van der Waals surface area contributed by atoms with E-state index in [4.69, 9.17) is 10.5 Å². The van der Waals surface area contributed by atoms with Crippen LogP contribution in [0.15, 0.2) is 48.5 Å². The lowest BCUT2D eigenvalue weighted by molar-refractivity contribution is -0.131. The molecule has 0 aliphatic heterocycles. The molecule has 0 saturated heterocycles. The van der Waals surface area contributed by atoms with E-state index >= 15 is 0 Å². The lowest BCUT2D eigenvalue weighted by Crippen LogP contribution is -2.18. The number of nitrogens with two attached hydrogens (primary N) is 1. The molecule has 22 heavy (non-hydrogen) atoms. The maximum Gasteiger partial charge on any atom is 0.308 e. The van der Waals surface area contributed by atoms with Crippen LogP contribution in [0.25, 0.3) is 0 Å². The Kier molecular flexibility index (Phi) is 4.53. The van der Waals surface area contributed by atoms with Crippen LogP contribution in [0, 0.1) is 0 Å². The first-order valence-corrected chi connectivity index (χ1v) is 6.46. The van der Waals surface area contributed by atoms with Gasteiger partial charge in [0.15, 0.2) is 0 Å². The normalized spacial score (nSPS) is 9.86. The van der Waals surface area contributed by atoms with Crippen LogP contribution in [0.4, 0.5) is 5.69 Å². The molecular formula is C16H14N2O4. The molecule has 6 heteroatoms. The minimum absolute atomic E-state index is 0.229. The minimum Gasteiger partial charge on any atom is -0.427 e. The molecule has 2 rings (SSSR count). The van der Waals surface area contributed by atoms with E-state index in [0.29, 0.717) is 17.0 Å². The molecular weight excluding hydrogens is 284 g/mol. The number of amides is 2. The Hall–Kier alpha value is -3.15. The molecule has 0 bridgehead atoms. The van der Waals surface area contributed by atoms with Gasteiger partial charge in [-0.1, -0.05) is 12.1 Å². The molecule has 0 aromatic heterocycles. The number of esters is 1. The highest BCUT2D eigenvalue weighted by atomic mass is 16.5. The van der Waals surface area contributed by atoms with Gasteiger partial charge in [-0.3, -0.25) is 14.4 Å². The molecule has 3 N–H and O–H groups in total. The van der Waals surface area contributed by atoms with Crippen molar-refractivity contribution in [3.05, 3.63) is 59.7 Å². The van der Waals surface area contributed by atoms with Crippen molar-refractivity contribution in [1.29, 1.82) is 0 Å². The predicted octanol–water partition coefficient (Wildman–Crippen LogP) is 1.96. The molecule has 0 spiro atoms. The quantitative estimate of drug-likeness (QED) is 0.666. The van der Waals surface area contributed by atoms with Crippen molar-refractivity contribution < 1.29 is 19.1 Å². The topological polar surface area (TPSA) is 98.5 Å². The summed E-state index contributed by atoms with van der Waals surface area (Å²) in [6, 6.07) is 12.5. The molecule has 112 valence electrons. The zero-order valence-corrected chi connectivity index (χ0v) is 11.8. The number of nitrogens with one attached hydrogen (secondary N) is 1. The van der Waals surface area contributed by atoms with Gasteiger partial charge in [-0.25, -0.2) is 0 Å². The number of carbonyl (C=O) groups is 3. The first kappa shape index (κ1) is 15.2. The van der Waals surface area contributed by atoms with Crippen LogP contribution in [-0.2, 0) is 4.79 Å². The van der Waals surface area contributed by atoms with Crippen LogP contribution in [0.2, 0.25) is 0 Å². The van der Waals surface area contributed by atoms with Crippen molar-refractivity contribution in [3.8, 4) is 5.75 Å². The number of ether oxygens (including phenoxy) is 1. The Morgan fingerprint density at radius 3 is 2.23 bits per heavy atom. The fraction of sp³-hybridized carbons (Fsp3) is 0.0625. The molecule has 0 aliphatic rings. The summed E-state index contributed by atoms with van der Waals surface area (Å²) in [5, 5.41) is 2.62. The summed E-state index contributed by atoms with van der Waals surface area (Å²) in [5.41, 5.74) is 6.18. The van der Waals surface area contributed by atoms with Gasteiger partial charge in [0, 0.05) is 12.5 Å². The van der Waals surface area contributed by atoms with Gasteiger partial charge in [0.05, 0.1) is 11.3 Å². The van der Waals surface area contributed by atoms with Crippen molar-refractivity contribution in [2.24, 2.45) is 5.73 Å². The molecule has 0 saturated carbocycles. The molecule has 0 aliphatic carbocycles. The van der Waals surface area contributed by atoms with Gasteiger partial charge in [-0.2, -0.15) is 0 Å². The van der Waals surface area contributed by atoms with Crippen LogP contribution < -0.4 is 15.8 Å². The van der Waals surface area contributed by atoms with E-state index in [-0.39, 0.29) is 5.56 Å². The second-order valence-electron chi connectivity index (χ2n) is 4.48. The number of anilines is 1. The Balaban J connectivity index is 2.16. The zero-order valence-electron chi connectivity index (χ0n) is 11.8. The van der Waals surface area contributed by atoms with Crippen LogP contribution >= 0.6 is 0 Å². The zero-order chi connectivity index (χ0) is 16.1. The molecule has 6 nitrogen and oxygen atoms in total. The fourth-order valence-electron chi connectivity index (χ4n) is 1.84. The highest BCUT2D eigenvalue weighted by molar-refractivity contribution is 6.08. The monoisotopic (exact) mass is 298 g/mol. The maximum atomic E-state index is 12.2. The van der Waals surface area contributed by atoms with Crippen molar-refractivity contribution in [2.75, 3.05) is 5.32 Å². The number of carbonyl (C=O) groups excluding carboxylic acids is 3. The summed E-state index contributed by atoms with van der Waals surface area (Å²) in [7, 11) is 0. The average Bonchev–Trinajstić information content (AvgIpc) is 2.47. The molecule has 2 aromatic carbocycles. The number of hydrogen-bond donors (Lipinski definition) is 2. The van der Waals surface area contributed by atoms with Gasteiger partial charge in [-0.05, 0) is 36.4 Å². The largest absolute Gasteiger partial charge is 0.427 e. The molecule has 0 atom stereocenters. The van der Waals surface area contributed by atoms with Crippen LogP contribution in [0.5, 0.6) is 5.75 Å². The van der Waals surface area contributed by atoms with Crippen molar-refractivity contribution in [1.82, 2.24) is 0 Å². The predicted molar refractivity (Wildman–Crippen MR) is 80.7 cm³/mol. The standard InChI is InChI=1S/C16H14N2O4/c1-10(19)22-12-8-6-11(7-9-12)16(21)18-14-5-3-2-4-13(14)15(17)20/h2-9H,1H3,(H2,17,20)(H,18,21). The first-order valence-electron chi connectivity index (χ1n) is 6.46. The Labute approximate surface area is 126 Å². The van der Waals surface area contributed by atoms with Gasteiger partial charge in [0.25, 0.3) is 11.8 Å². The first-order chi connectivity index (χ1) is 10.5. The van der Waals surface area contributed by atoms with E-state index in [9.17, 15) is 14.4 Å². The second kappa shape index (κ2) is 6.53. The summed E-state index contributed by atoms with van der Waals surface area (Å²) in [6.07, 6.45) is 0. The summed E-state index contributed by atoms with van der Waals surface area (Å²) in [5.74, 6) is -1.11. The van der Waals surface area contributed by atoms with E-state index in [0.717, 1.165) is 0 Å². The van der Waals surface area contributed by atoms with E-state index in [1.54, 1.807) is 18.2 Å². The number of para-hydroxylation sites is 1. The van der Waals surface area contributed by atoms with Crippen molar-refractivity contribution in [3.63, 3.8) is 0 Å². The third-order valence-electron chi connectivity index (χ3n) is 2.82. The van der Waals surface area contributed by atoms with Crippen LogP contribution in [0.3, 0.4) is 0 Å². The van der Waals surface area contributed by atoms with Crippen molar-refractivity contribution in [2.45, 2.75) is 6.92 Å². The molecule has 2 amide bonds. The molecule has 0 radical (unpaired) electrons. The lowest BCUT2D eigenvalue weighted by Gasteiger charge is -2.09. The summed E-state index contributed by atoms with van der Waals surface area (Å²) in [6.45, 7) is 1.29. The maximum absolute atomic E-state index is 12.2. The molecule has 0 heterocycles. The summed E-state index contributed by atoms with van der Waals surface area (Å²) >= 11 is 0. The minimum atomic E-state index is -0.624. The van der Waals surface area contributed by atoms with Crippen LogP contribution in [-0.4, -0.2) is 17.8 Å². The van der Waals surface area contributed by atoms with Gasteiger partial charge in [0.2, 0.25) is 0 Å². The van der Waals surface area contributed by atoms with E-state index in [1.807, 2.05) is 0 Å². The highest BCUT2D eigenvalue weighted by Gasteiger charge is 2.12. The molecule has 0 unspecified atom stereocenters.